The normalized spacial score (nSPS) is 11.6. The van der Waals surface area contributed by atoms with E-state index in [1.807, 2.05) is 33.8 Å². The van der Waals surface area contributed by atoms with E-state index in [4.69, 9.17) is 4.74 Å². The van der Waals surface area contributed by atoms with Crippen LogP contribution in [-0.2, 0) is 16.1 Å². The third-order valence-electron chi connectivity index (χ3n) is 2.99. The van der Waals surface area contributed by atoms with Crippen molar-refractivity contribution < 1.29 is 9.53 Å². The third-order valence-corrected chi connectivity index (χ3v) is 2.99. The summed E-state index contributed by atoms with van der Waals surface area (Å²) in [5.74, 6) is -0.283. The number of ether oxygens (including phenoxy) is 1. The molecule has 0 aliphatic heterocycles. The molecule has 0 radical (unpaired) electrons. The maximum Gasteiger partial charge on any atom is 0.306 e. The first-order valence-corrected chi connectivity index (χ1v) is 6.90. The predicted molar refractivity (Wildman–Crippen MR) is 80.1 cm³/mol. The van der Waals surface area contributed by atoms with Gasteiger partial charge < -0.3 is 4.74 Å². The van der Waals surface area contributed by atoms with Crippen LogP contribution < -0.4 is 5.56 Å². The molecule has 2 aromatic heterocycles. The SMILES string of the molecule is Cc1cccn2c(=O)cc(COC(=O)CC(C)(C)C)nc12. The zero-order valence-electron chi connectivity index (χ0n) is 12.8. The summed E-state index contributed by atoms with van der Waals surface area (Å²) in [6.45, 7) is 7.82. The zero-order chi connectivity index (χ0) is 15.6. The van der Waals surface area contributed by atoms with Crippen molar-refractivity contribution >= 4 is 11.6 Å². The van der Waals surface area contributed by atoms with Crippen LogP contribution in [0.15, 0.2) is 29.2 Å². The fourth-order valence-corrected chi connectivity index (χ4v) is 2.02. The Labute approximate surface area is 123 Å². The first kappa shape index (κ1) is 15.2. The molecule has 0 saturated carbocycles. The highest BCUT2D eigenvalue weighted by Gasteiger charge is 2.17. The minimum atomic E-state index is -0.283. The molecule has 5 nitrogen and oxygen atoms in total. The minimum Gasteiger partial charge on any atom is -0.459 e. The number of hydrogen-bond donors (Lipinski definition) is 0. The molecule has 0 aromatic carbocycles. The Balaban J connectivity index is 2.19. The van der Waals surface area contributed by atoms with Gasteiger partial charge in [-0.3, -0.25) is 14.0 Å². The molecular weight excluding hydrogens is 268 g/mol. The van der Waals surface area contributed by atoms with Gasteiger partial charge in [0, 0.05) is 12.3 Å². The summed E-state index contributed by atoms with van der Waals surface area (Å²) in [5, 5.41) is 0. The standard InChI is InChI=1S/C16H20N2O3/c1-11-6-5-7-18-13(19)8-12(17-15(11)18)10-21-14(20)9-16(2,3)4/h5-8H,9-10H2,1-4H3. The van der Waals surface area contributed by atoms with Gasteiger partial charge in [-0.25, -0.2) is 4.98 Å². The number of aromatic nitrogens is 2. The van der Waals surface area contributed by atoms with Crippen LogP contribution in [0.1, 0.15) is 38.4 Å². The molecule has 0 spiro atoms. The van der Waals surface area contributed by atoms with Crippen molar-refractivity contribution in [2.75, 3.05) is 0 Å². The van der Waals surface area contributed by atoms with Gasteiger partial charge in [0.2, 0.25) is 0 Å². The molecule has 0 aliphatic rings. The number of carbonyl (C=O) groups excluding carboxylic acids is 1. The summed E-state index contributed by atoms with van der Waals surface area (Å²) >= 11 is 0. The number of fused-ring (bicyclic) bond motifs is 1. The number of aryl methyl sites for hydroxylation is 1. The van der Waals surface area contributed by atoms with Gasteiger partial charge in [0.15, 0.2) is 0 Å². The number of carbonyl (C=O) groups is 1. The molecule has 0 unspecified atom stereocenters. The molecule has 21 heavy (non-hydrogen) atoms. The third kappa shape index (κ3) is 3.90. The average molecular weight is 288 g/mol. The lowest BCUT2D eigenvalue weighted by Crippen LogP contribution is -2.18. The lowest BCUT2D eigenvalue weighted by atomic mass is 9.92. The topological polar surface area (TPSA) is 60.7 Å². The molecule has 0 atom stereocenters. The average Bonchev–Trinajstić information content (AvgIpc) is 2.36. The van der Waals surface area contributed by atoms with Crippen molar-refractivity contribution in [1.82, 2.24) is 9.38 Å². The second-order valence-electron chi connectivity index (χ2n) is 6.37. The van der Waals surface area contributed by atoms with Crippen molar-refractivity contribution in [3.63, 3.8) is 0 Å². The number of esters is 1. The van der Waals surface area contributed by atoms with Gasteiger partial charge in [-0.05, 0) is 24.0 Å². The van der Waals surface area contributed by atoms with Crippen molar-refractivity contribution in [3.05, 3.63) is 46.0 Å². The Bertz CT molecular complexity index is 726. The van der Waals surface area contributed by atoms with Crippen LogP contribution in [0.2, 0.25) is 0 Å². The summed E-state index contributed by atoms with van der Waals surface area (Å²) in [7, 11) is 0. The maximum atomic E-state index is 12.0. The molecule has 2 rings (SSSR count). The Morgan fingerprint density at radius 2 is 2.10 bits per heavy atom. The van der Waals surface area contributed by atoms with Gasteiger partial charge >= 0.3 is 5.97 Å². The van der Waals surface area contributed by atoms with E-state index in [-0.39, 0.29) is 23.6 Å². The number of pyridine rings is 1. The molecule has 0 amide bonds. The van der Waals surface area contributed by atoms with E-state index < -0.39 is 0 Å². The van der Waals surface area contributed by atoms with Gasteiger partial charge in [0.25, 0.3) is 5.56 Å². The van der Waals surface area contributed by atoms with Gasteiger partial charge in [0.05, 0.1) is 12.1 Å². The second kappa shape index (κ2) is 5.68. The fraction of sp³-hybridized carbons (Fsp3) is 0.438. The molecule has 5 heteroatoms. The highest BCUT2D eigenvalue weighted by atomic mass is 16.5. The van der Waals surface area contributed by atoms with E-state index in [9.17, 15) is 9.59 Å². The van der Waals surface area contributed by atoms with Crippen molar-refractivity contribution in [3.8, 4) is 0 Å². The molecule has 0 aliphatic carbocycles. The van der Waals surface area contributed by atoms with Crippen LogP contribution in [0, 0.1) is 12.3 Å². The first-order valence-electron chi connectivity index (χ1n) is 6.90. The van der Waals surface area contributed by atoms with Crippen LogP contribution >= 0.6 is 0 Å². The van der Waals surface area contributed by atoms with Crippen LogP contribution in [0.4, 0.5) is 0 Å². The van der Waals surface area contributed by atoms with Gasteiger partial charge in [-0.1, -0.05) is 26.8 Å². The van der Waals surface area contributed by atoms with Crippen molar-refractivity contribution in [2.24, 2.45) is 5.41 Å². The van der Waals surface area contributed by atoms with E-state index in [2.05, 4.69) is 4.98 Å². The molecule has 0 N–H and O–H groups in total. The van der Waals surface area contributed by atoms with Crippen LogP contribution in [0.3, 0.4) is 0 Å². The highest BCUT2D eigenvalue weighted by molar-refractivity contribution is 5.70. The number of rotatable bonds is 3. The lowest BCUT2D eigenvalue weighted by molar-refractivity contribution is -0.147. The monoisotopic (exact) mass is 288 g/mol. The quantitative estimate of drug-likeness (QED) is 0.814. The van der Waals surface area contributed by atoms with E-state index >= 15 is 0 Å². The van der Waals surface area contributed by atoms with Gasteiger partial charge in [-0.15, -0.1) is 0 Å². The molecule has 0 fully saturated rings. The Hall–Kier alpha value is -2.17. The summed E-state index contributed by atoms with van der Waals surface area (Å²) in [5.41, 5.74) is 1.66. The Kier molecular flexibility index (Phi) is 4.11. The summed E-state index contributed by atoms with van der Waals surface area (Å²) < 4.78 is 6.68. The molecule has 0 saturated heterocycles. The molecule has 2 aromatic rings. The summed E-state index contributed by atoms with van der Waals surface area (Å²) in [4.78, 5) is 28.1. The van der Waals surface area contributed by atoms with Gasteiger partial charge in [-0.2, -0.15) is 0 Å². The molecule has 112 valence electrons. The second-order valence-corrected chi connectivity index (χ2v) is 6.37. The van der Waals surface area contributed by atoms with Crippen molar-refractivity contribution in [2.45, 2.75) is 40.7 Å². The van der Waals surface area contributed by atoms with E-state index in [1.165, 1.54) is 10.5 Å². The van der Waals surface area contributed by atoms with E-state index in [0.29, 0.717) is 17.8 Å². The molecule has 2 heterocycles. The van der Waals surface area contributed by atoms with Gasteiger partial charge in [0.1, 0.15) is 12.3 Å². The maximum absolute atomic E-state index is 12.0. The zero-order valence-corrected chi connectivity index (χ0v) is 12.8. The highest BCUT2D eigenvalue weighted by Crippen LogP contribution is 2.19. The fourth-order valence-electron chi connectivity index (χ4n) is 2.02. The summed E-state index contributed by atoms with van der Waals surface area (Å²) in [6, 6.07) is 5.09. The Morgan fingerprint density at radius 3 is 2.76 bits per heavy atom. The first-order chi connectivity index (χ1) is 9.76. The Morgan fingerprint density at radius 1 is 1.38 bits per heavy atom. The molecule has 0 bridgehead atoms. The number of hydrogen-bond acceptors (Lipinski definition) is 4. The van der Waals surface area contributed by atoms with E-state index in [0.717, 1.165) is 5.56 Å². The number of nitrogens with zero attached hydrogens (tertiary/aromatic N) is 2. The van der Waals surface area contributed by atoms with Crippen LogP contribution in [0.25, 0.3) is 5.65 Å². The van der Waals surface area contributed by atoms with Crippen LogP contribution in [-0.4, -0.2) is 15.4 Å². The van der Waals surface area contributed by atoms with Crippen molar-refractivity contribution in [1.29, 1.82) is 0 Å². The van der Waals surface area contributed by atoms with Crippen LogP contribution in [0.5, 0.6) is 0 Å². The minimum absolute atomic E-state index is 0.0228. The van der Waals surface area contributed by atoms with E-state index in [1.54, 1.807) is 12.3 Å². The smallest absolute Gasteiger partial charge is 0.306 e. The predicted octanol–water partition coefficient (Wildman–Crippen LogP) is 2.48. The lowest BCUT2D eigenvalue weighted by Gasteiger charge is -2.16. The largest absolute Gasteiger partial charge is 0.459 e. The molecular formula is C16H20N2O3. The summed E-state index contributed by atoms with van der Waals surface area (Å²) in [6.07, 6.45) is 2.01.